The van der Waals surface area contributed by atoms with Gasteiger partial charge >= 0.3 is 0 Å². The van der Waals surface area contributed by atoms with Gasteiger partial charge < -0.3 is 0 Å². The topological polar surface area (TPSA) is 46.6 Å². The van der Waals surface area contributed by atoms with Crippen LogP contribution in [0.5, 0.6) is 0 Å². The second-order valence-corrected chi connectivity index (χ2v) is 7.23. The highest BCUT2D eigenvalue weighted by molar-refractivity contribution is 7.85. The zero-order valence-corrected chi connectivity index (χ0v) is 11.5. The van der Waals surface area contributed by atoms with Crippen molar-refractivity contribution >= 4 is 10.1 Å². The van der Waals surface area contributed by atoms with Crippen molar-refractivity contribution in [2.75, 3.05) is 26.0 Å². The Hall–Kier alpha value is -0.130. The van der Waals surface area contributed by atoms with Crippen molar-refractivity contribution in [3.63, 3.8) is 0 Å². The molecule has 96 valence electrons. The molecule has 0 aliphatic carbocycles. The first-order valence-corrected chi connectivity index (χ1v) is 7.59. The summed E-state index contributed by atoms with van der Waals surface area (Å²) in [5.41, 5.74) is 0.211. The molecular weight excluding hydrogens is 226 g/mol. The van der Waals surface area contributed by atoms with Gasteiger partial charge in [-0.1, -0.05) is 0 Å². The minimum absolute atomic E-state index is 0.211. The summed E-state index contributed by atoms with van der Waals surface area (Å²) in [6, 6.07) is 0. The number of hydrogen-bond donors (Lipinski definition) is 0. The van der Waals surface area contributed by atoms with Gasteiger partial charge in [-0.3, -0.25) is 9.08 Å². The molecule has 0 atom stereocenters. The SMILES string of the molecule is CC(C)(C)N1CCC(COS(C)(=O)=O)CC1. The standard InChI is InChI=1S/C11H23NO3S/c1-11(2,3)12-7-5-10(6-8-12)9-15-16(4,13)14/h10H,5-9H2,1-4H3. The Labute approximate surface area is 99.1 Å². The summed E-state index contributed by atoms with van der Waals surface area (Å²) in [6.45, 7) is 9.03. The Bertz CT molecular complexity index is 311. The van der Waals surface area contributed by atoms with Gasteiger partial charge in [0.05, 0.1) is 12.9 Å². The molecule has 0 amide bonds. The van der Waals surface area contributed by atoms with Crippen LogP contribution in [0, 0.1) is 5.92 Å². The van der Waals surface area contributed by atoms with Crippen molar-refractivity contribution in [1.29, 1.82) is 0 Å². The van der Waals surface area contributed by atoms with Crippen LogP contribution in [0.15, 0.2) is 0 Å². The van der Waals surface area contributed by atoms with Crippen LogP contribution >= 0.6 is 0 Å². The molecule has 0 aromatic carbocycles. The molecule has 1 fully saturated rings. The van der Waals surface area contributed by atoms with Crippen molar-refractivity contribution in [3.8, 4) is 0 Å². The smallest absolute Gasteiger partial charge is 0.264 e. The average molecular weight is 249 g/mol. The predicted octanol–water partition coefficient (Wildman–Crippen LogP) is 1.47. The highest BCUT2D eigenvalue weighted by Gasteiger charge is 2.27. The Morgan fingerprint density at radius 2 is 1.75 bits per heavy atom. The molecule has 0 spiro atoms. The van der Waals surface area contributed by atoms with E-state index < -0.39 is 10.1 Å². The van der Waals surface area contributed by atoms with Gasteiger partial charge in [0.25, 0.3) is 10.1 Å². The first-order chi connectivity index (χ1) is 7.18. The molecule has 0 aromatic heterocycles. The van der Waals surface area contributed by atoms with Crippen LogP contribution in [0.25, 0.3) is 0 Å². The molecule has 1 aliphatic heterocycles. The van der Waals surface area contributed by atoms with Crippen LogP contribution in [0.2, 0.25) is 0 Å². The second kappa shape index (κ2) is 5.02. The average Bonchev–Trinajstić information content (AvgIpc) is 2.13. The third-order valence-electron chi connectivity index (χ3n) is 3.08. The third-order valence-corrected chi connectivity index (χ3v) is 3.65. The minimum Gasteiger partial charge on any atom is -0.298 e. The van der Waals surface area contributed by atoms with Crippen molar-refractivity contribution in [2.45, 2.75) is 39.2 Å². The molecule has 0 aromatic rings. The van der Waals surface area contributed by atoms with E-state index in [1.807, 2.05) is 0 Å². The summed E-state index contributed by atoms with van der Waals surface area (Å²) in [4.78, 5) is 2.43. The molecule has 0 N–H and O–H groups in total. The van der Waals surface area contributed by atoms with E-state index in [2.05, 4.69) is 25.7 Å². The van der Waals surface area contributed by atoms with Crippen LogP contribution in [-0.4, -0.2) is 44.8 Å². The summed E-state index contributed by atoms with van der Waals surface area (Å²) in [7, 11) is -3.28. The molecule has 1 aliphatic rings. The molecule has 0 radical (unpaired) electrons. The predicted molar refractivity (Wildman–Crippen MR) is 64.8 cm³/mol. The molecular formula is C11H23NO3S. The first-order valence-electron chi connectivity index (χ1n) is 5.78. The van der Waals surface area contributed by atoms with Gasteiger partial charge in [-0.15, -0.1) is 0 Å². The van der Waals surface area contributed by atoms with Gasteiger partial charge in [0.2, 0.25) is 0 Å². The Kier molecular flexibility index (Phi) is 4.37. The van der Waals surface area contributed by atoms with Crippen molar-refractivity contribution in [3.05, 3.63) is 0 Å². The maximum absolute atomic E-state index is 10.9. The van der Waals surface area contributed by atoms with Crippen LogP contribution in [-0.2, 0) is 14.3 Å². The van der Waals surface area contributed by atoms with Gasteiger partial charge in [0, 0.05) is 5.54 Å². The van der Waals surface area contributed by atoms with Crippen LogP contribution in [0.3, 0.4) is 0 Å². The van der Waals surface area contributed by atoms with E-state index in [-0.39, 0.29) is 5.54 Å². The van der Waals surface area contributed by atoms with Crippen molar-refractivity contribution in [1.82, 2.24) is 4.90 Å². The summed E-state index contributed by atoms with van der Waals surface area (Å²) in [6.07, 6.45) is 3.15. The second-order valence-electron chi connectivity index (χ2n) is 5.59. The van der Waals surface area contributed by atoms with Gasteiger partial charge in [0.15, 0.2) is 0 Å². The lowest BCUT2D eigenvalue weighted by Crippen LogP contribution is -2.46. The highest BCUT2D eigenvalue weighted by Crippen LogP contribution is 2.24. The lowest BCUT2D eigenvalue weighted by Gasteiger charge is -2.40. The summed E-state index contributed by atoms with van der Waals surface area (Å²) < 4.78 is 26.6. The molecule has 1 rings (SSSR count). The fourth-order valence-corrected chi connectivity index (χ4v) is 2.43. The van der Waals surface area contributed by atoms with Gasteiger partial charge in [-0.25, -0.2) is 0 Å². The highest BCUT2D eigenvalue weighted by atomic mass is 32.2. The van der Waals surface area contributed by atoms with E-state index in [1.54, 1.807) is 0 Å². The van der Waals surface area contributed by atoms with Gasteiger partial charge in [-0.2, -0.15) is 8.42 Å². The van der Waals surface area contributed by atoms with Crippen LogP contribution in [0.4, 0.5) is 0 Å². The van der Waals surface area contributed by atoms with E-state index in [1.165, 1.54) is 0 Å². The largest absolute Gasteiger partial charge is 0.298 e. The number of nitrogens with zero attached hydrogens (tertiary/aromatic N) is 1. The van der Waals surface area contributed by atoms with E-state index in [4.69, 9.17) is 4.18 Å². The van der Waals surface area contributed by atoms with Crippen LogP contribution < -0.4 is 0 Å². The van der Waals surface area contributed by atoms with Crippen LogP contribution in [0.1, 0.15) is 33.6 Å². The molecule has 0 bridgehead atoms. The van der Waals surface area contributed by atoms with Crippen molar-refractivity contribution < 1.29 is 12.6 Å². The van der Waals surface area contributed by atoms with E-state index in [9.17, 15) is 8.42 Å². The molecule has 1 saturated heterocycles. The molecule has 4 nitrogen and oxygen atoms in total. The van der Waals surface area contributed by atoms with Gasteiger partial charge in [0.1, 0.15) is 0 Å². The maximum atomic E-state index is 10.9. The lowest BCUT2D eigenvalue weighted by molar-refractivity contribution is 0.0731. The Morgan fingerprint density at radius 3 is 2.12 bits per heavy atom. The fourth-order valence-electron chi connectivity index (χ4n) is 1.99. The summed E-state index contributed by atoms with van der Waals surface area (Å²) in [5.74, 6) is 0.383. The zero-order valence-electron chi connectivity index (χ0n) is 10.7. The summed E-state index contributed by atoms with van der Waals surface area (Å²) >= 11 is 0. The monoisotopic (exact) mass is 249 g/mol. The van der Waals surface area contributed by atoms with Crippen molar-refractivity contribution in [2.24, 2.45) is 5.92 Å². The minimum atomic E-state index is -3.28. The quantitative estimate of drug-likeness (QED) is 0.711. The number of hydrogen-bond acceptors (Lipinski definition) is 4. The molecule has 16 heavy (non-hydrogen) atoms. The third kappa shape index (κ3) is 4.80. The Balaban J connectivity index is 2.33. The number of likely N-dealkylation sites (tertiary alicyclic amines) is 1. The van der Waals surface area contributed by atoms with E-state index >= 15 is 0 Å². The fraction of sp³-hybridized carbons (Fsp3) is 1.00. The molecule has 1 heterocycles. The number of rotatable bonds is 3. The first kappa shape index (κ1) is 13.9. The summed E-state index contributed by atoms with van der Waals surface area (Å²) in [5, 5.41) is 0. The van der Waals surface area contributed by atoms with Gasteiger partial charge in [-0.05, 0) is 52.6 Å². The van der Waals surface area contributed by atoms with E-state index in [0.717, 1.165) is 32.2 Å². The maximum Gasteiger partial charge on any atom is 0.264 e. The molecule has 0 unspecified atom stereocenters. The molecule has 5 heteroatoms. The molecule has 0 saturated carbocycles. The zero-order chi connectivity index (χ0) is 12.4. The normalized spacial score (nSPS) is 21.2. The Morgan fingerprint density at radius 1 is 1.25 bits per heavy atom. The van der Waals surface area contributed by atoms with E-state index in [0.29, 0.717) is 12.5 Å². The lowest BCUT2D eigenvalue weighted by atomic mass is 9.94. The number of piperidine rings is 1.